The lowest BCUT2D eigenvalue weighted by molar-refractivity contribution is 1.41. The number of benzene rings is 3. The van der Waals surface area contributed by atoms with Gasteiger partial charge in [0.15, 0.2) is 0 Å². The van der Waals surface area contributed by atoms with Gasteiger partial charge in [0.05, 0.1) is 11.4 Å². The molecule has 0 spiro atoms. The molecule has 0 atom stereocenters. The second-order valence-electron chi connectivity index (χ2n) is 4.54. The lowest BCUT2D eigenvalue weighted by atomic mass is 9.93. The lowest BCUT2D eigenvalue weighted by Crippen LogP contribution is -2.10. The molecule has 3 aromatic rings. The Morgan fingerprint density at radius 1 is 0.667 bits per heavy atom. The molecule has 1 aliphatic heterocycles. The van der Waals surface area contributed by atoms with E-state index >= 15 is 0 Å². The van der Waals surface area contributed by atoms with Crippen LogP contribution in [0.1, 0.15) is 11.1 Å². The van der Waals surface area contributed by atoms with E-state index in [0.29, 0.717) is 0 Å². The van der Waals surface area contributed by atoms with Crippen molar-refractivity contribution in [2.75, 3.05) is 0 Å². The van der Waals surface area contributed by atoms with Gasteiger partial charge in [-0.25, -0.2) is 4.99 Å². The van der Waals surface area contributed by atoms with Crippen LogP contribution in [0.2, 0.25) is 0 Å². The van der Waals surface area contributed by atoms with Gasteiger partial charge in [0, 0.05) is 11.1 Å². The summed E-state index contributed by atoms with van der Waals surface area (Å²) in [5, 5.41) is 2.53. The summed E-state index contributed by atoms with van der Waals surface area (Å²) in [5.74, 6) is 0. The van der Waals surface area contributed by atoms with Crippen molar-refractivity contribution in [3.05, 3.63) is 77.9 Å². The highest BCUT2D eigenvalue weighted by atomic mass is 14.8. The topological polar surface area (TPSA) is 12.4 Å². The van der Waals surface area contributed by atoms with Crippen molar-refractivity contribution in [1.29, 1.82) is 0 Å². The van der Waals surface area contributed by atoms with Crippen molar-refractivity contribution in [1.82, 2.24) is 0 Å². The minimum Gasteiger partial charge on any atom is -0.247 e. The SMILES string of the molecule is c1ccc(C2=Nc3cc4ccccc4cc32)cc1. The molecule has 0 saturated carbocycles. The van der Waals surface area contributed by atoms with Gasteiger partial charge in [-0.05, 0) is 22.9 Å². The number of aliphatic imine (C=N–C) groups is 1. The first kappa shape index (κ1) is 9.60. The maximum absolute atomic E-state index is 4.62. The predicted octanol–water partition coefficient (Wildman–Crippen LogP) is 4.32. The van der Waals surface area contributed by atoms with E-state index in [-0.39, 0.29) is 0 Å². The monoisotopic (exact) mass is 229 g/mol. The molecular weight excluding hydrogens is 218 g/mol. The first-order valence-electron chi connectivity index (χ1n) is 6.09. The molecule has 0 bridgehead atoms. The molecule has 0 amide bonds. The Labute approximate surface area is 105 Å². The van der Waals surface area contributed by atoms with Crippen molar-refractivity contribution in [3.63, 3.8) is 0 Å². The summed E-state index contributed by atoms with van der Waals surface area (Å²) in [5.41, 5.74) is 4.67. The third kappa shape index (κ3) is 1.31. The van der Waals surface area contributed by atoms with Gasteiger partial charge in [-0.1, -0.05) is 54.6 Å². The van der Waals surface area contributed by atoms with Gasteiger partial charge in [-0.15, -0.1) is 0 Å². The standard InChI is InChI=1S/C17H11N/c1-2-6-12(7-3-1)17-15-10-13-8-4-5-9-14(13)11-16(15)18-17/h1-11H. The van der Waals surface area contributed by atoms with Gasteiger partial charge in [0.25, 0.3) is 0 Å². The molecule has 18 heavy (non-hydrogen) atoms. The van der Waals surface area contributed by atoms with Crippen LogP contribution in [0.5, 0.6) is 0 Å². The van der Waals surface area contributed by atoms with Crippen molar-refractivity contribution < 1.29 is 0 Å². The minimum atomic E-state index is 1.10. The zero-order valence-electron chi connectivity index (χ0n) is 9.80. The number of nitrogens with zero attached hydrogens (tertiary/aromatic N) is 1. The third-order valence-electron chi connectivity index (χ3n) is 3.40. The van der Waals surface area contributed by atoms with Crippen LogP contribution < -0.4 is 0 Å². The van der Waals surface area contributed by atoms with Crippen LogP contribution in [0.15, 0.2) is 71.7 Å². The molecule has 0 fully saturated rings. The highest BCUT2D eigenvalue weighted by molar-refractivity contribution is 6.23. The van der Waals surface area contributed by atoms with Crippen molar-refractivity contribution in [2.45, 2.75) is 0 Å². The first-order chi connectivity index (χ1) is 8.92. The number of fused-ring (bicyclic) bond motifs is 2. The summed E-state index contributed by atoms with van der Waals surface area (Å²) in [6.45, 7) is 0. The van der Waals surface area contributed by atoms with E-state index in [1.165, 1.54) is 21.9 Å². The molecule has 0 unspecified atom stereocenters. The second-order valence-corrected chi connectivity index (χ2v) is 4.54. The van der Waals surface area contributed by atoms with Crippen LogP contribution in [-0.4, -0.2) is 5.71 Å². The van der Waals surface area contributed by atoms with Crippen molar-refractivity contribution in [2.24, 2.45) is 4.99 Å². The highest BCUT2D eigenvalue weighted by Gasteiger charge is 2.20. The summed E-state index contributed by atoms with van der Waals surface area (Å²) in [6, 6.07) is 23.2. The number of hydrogen-bond acceptors (Lipinski definition) is 1. The smallest absolute Gasteiger partial charge is 0.0803 e. The fraction of sp³-hybridized carbons (Fsp3) is 0. The summed E-state index contributed by atoms with van der Waals surface area (Å²) < 4.78 is 0. The van der Waals surface area contributed by atoms with E-state index in [0.717, 1.165) is 11.4 Å². The Morgan fingerprint density at radius 3 is 2.11 bits per heavy atom. The molecule has 0 aromatic heterocycles. The quantitative estimate of drug-likeness (QED) is 0.461. The van der Waals surface area contributed by atoms with E-state index in [2.05, 4.69) is 65.7 Å². The molecule has 0 radical (unpaired) electrons. The average molecular weight is 229 g/mol. The van der Waals surface area contributed by atoms with Crippen molar-refractivity contribution in [3.8, 4) is 0 Å². The van der Waals surface area contributed by atoms with Crippen LogP contribution in [-0.2, 0) is 0 Å². The van der Waals surface area contributed by atoms with E-state index < -0.39 is 0 Å². The normalized spacial score (nSPS) is 12.8. The maximum Gasteiger partial charge on any atom is 0.0803 e. The molecule has 0 saturated heterocycles. The van der Waals surface area contributed by atoms with Crippen LogP contribution >= 0.6 is 0 Å². The van der Waals surface area contributed by atoms with Gasteiger partial charge in [-0.2, -0.15) is 0 Å². The molecule has 0 aliphatic carbocycles. The molecule has 0 N–H and O–H groups in total. The highest BCUT2D eigenvalue weighted by Crippen LogP contribution is 2.36. The molecule has 1 aliphatic rings. The summed E-state index contributed by atoms with van der Waals surface area (Å²) in [6.07, 6.45) is 0. The third-order valence-corrected chi connectivity index (χ3v) is 3.40. The van der Waals surface area contributed by atoms with Crippen LogP contribution in [0.3, 0.4) is 0 Å². The number of hydrogen-bond donors (Lipinski definition) is 0. The Kier molecular flexibility index (Phi) is 1.89. The second kappa shape index (κ2) is 3.54. The van der Waals surface area contributed by atoms with Crippen LogP contribution in [0, 0.1) is 0 Å². The van der Waals surface area contributed by atoms with Gasteiger partial charge in [0.2, 0.25) is 0 Å². The summed E-state index contributed by atoms with van der Waals surface area (Å²) >= 11 is 0. The summed E-state index contributed by atoms with van der Waals surface area (Å²) in [4.78, 5) is 4.62. The predicted molar refractivity (Wildman–Crippen MR) is 75.7 cm³/mol. The van der Waals surface area contributed by atoms with Gasteiger partial charge >= 0.3 is 0 Å². The van der Waals surface area contributed by atoms with Gasteiger partial charge in [0.1, 0.15) is 0 Å². The van der Waals surface area contributed by atoms with Gasteiger partial charge in [-0.3, -0.25) is 0 Å². The summed E-state index contributed by atoms with van der Waals surface area (Å²) in [7, 11) is 0. The zero-order chi connectivity index (χ0) is 11.9. The molecule has 3 aromatic carbocycles. The molecule has 84 valence electrons. The van der Waals surface area contributed by atoms with E-state index in [1.54, 1.807) is 0 Å². The Hall–Kier alpha value is -2.41. The average Bonchev–Trinajstić information content (AvgIpc) is 2.42. The fourth-order valence-corrected chi connectivity index (χ4v) is 2.45. The molecule has 1 heteroatoms. The van der Waals surface area contributed by atoms with Crippen LogP contribution in [0.4, 0.5) is 5.69 Å². The first-order valence-corrected chi connectivity index (χ1v) is 6.09. The Balaban J connectivity index is 1.88. The van der Waals surface area contributed by atoms with E-state index in [9.17, 15) is 0 Å². The zero-order valence-corrected chi connectivity index (χ0v) is 9.80. The Morgan fingerprint density at radius 2 is 1.33 bits per heavy atom. The van der Waals surface area contributed by atoms with E-state index in [1.807, 2.05) is 6.07 Å². The maximum atomic E-state index is 4.62. The minimum absolute atomic E-state index is 1.10. The molecular formula is C17H11N. The van der Waals surface area contributed by atoms with Crippen molar-refractivity contribution >= 4 is 22.2 Å². The van der Waals surface area contributed by atoms with E-state index in [4.69, 9.17) is 0 Å². The fourth-order valence-electron chi connectivity index (χ4n) is 2.45. The molecule has 1 heterocycles. The number of rotatable bonds is 1. The molecule has 1 nitrogen and oxygen atoms in total. The molecule has 4 rings (SSSR count). The lowest BCUT2D eigenvalue weighted by Gasteiger charge is -2.19. The van der Waals surface area contributed by atoms with Gasteiger partial charge < -0.3 is 0 Å². The van der Waals surface area contributed by atoms with Crippen LogP contribution in [0.25, 0.3) is 10.8 Å². The largest absolute Gasteiger partial charge is 0.247 e. The Bertz CT molecular complexity index is 770.